The van der Waals surface area contributed by atoms with Gasteiger partial charge in [-0.15, -0.1) is 0 Å². The summed E-state index contributed by atoms with van der Waals surface area (Å²) in [6, 6.07) is 0. The topological polar surface area (TPSA) is 12.0 Å². The Morgan fingerprint density at radius 2 is 2.22 bits per heavy atom. The van der Waals surface area contributed by atoms with Crippen LogP contribution in [-0.2, 0) is 0 Å². The highest BCUT2D eigenvalue weighted by Crippen LogP contribution is 1.90. The minimum Gasteiger partial charge on any atom is -0.391 e. The van der Waals surface area contributed by atoms with Crippen molar-refractivity contribution in [1.29, 1.82) is 0 Å². The standard InChI is InChI=1S/C8H15N/c1-4-8(3)6-7-9-5-2/h4,6-7,9H,5H2,1-3H3/b7-6-,8-4-. The van der Waals surface area contributed by atoms with E-state index in [0.29, 0.717) is 0 Å². The summed E-state index contributed by atoms with van der Waals surface area (Å²) in [4.78, 5) is 0. The molecule has 0 fully saturated rings. The van der Waals surface area contributed by atoms with Crippen LogP contribution in [0.5, 0.6) is 0 Å². The second-order valence-corrected chi connectivity index (χ2v) is 1.92. The molecule has 0 aliphatic carbocycles. The Labute approximate surface area is 57.5 Å². The number of hydrogen-bond acceptors (Lipinski definition) is 1. The van der Waals surface area contributed by atoms with Crippen LogP contribution in [0.2, 0.25) is 0 Å². The molecule has 52 valence electrons. The number of rotatable bonds is 3. The predicted octanol–water partition coefficient (Wildman–Crippen LogP) is 2.08. The molecule has 0 aliphatic heterocycles. The molecule has 0 aromatic heterocycles. The lowest BCUT2D eigenvalue weighted by atomic mass is 10.3. The fourth-order valence-corrected chi connectivity index (χ4v) is 0.404. The molecule has 0 aromatic carbocycles. The van der Waals surface area contributed by atoms with Crippen LogP contribution in [0.1, 0.15) is 20.8 Å². The van der Waals surface area contributed by atoms with Gasteiger partial charge in [-0.05, 0) is 33.0 Å². The quantitative estimate of drug-likeness (QED) is 0.569. The highest BCUT2D eigenvalue weighted by Gasteiger charge is 1.73. The van der Waals surface area contributed by atoms with Crippen LogP contribution in [0.25, 0.3) is 0 Å². The van der Waals surface area contributed by atoms with Crippen molar-refractivity contribution in [3.63, 3.8) is 0 Å². The third-order valence-corrected chi connectivity index (χ3v) is 1.12. The van der Waals surface area contributed by atoms with Gasteiger partial charge in [0.25, 0.3) is 0 Å². The van der Waals surface area contributed by atoms with Crippen LogP contribution < -0.4 is 5.32 Å². The van der Waals surface area contributed by atoms with Gasteiger partial charge in [-0.25, -0.2) is 0 Å². The lowest BCUT2D eigenvalue weighted by Gasteiger charge is -1.91. The molecule has 0 bridgehead atoms. The van der Waals surface area contributed by atoms with Crippen molar-refractivity contribution in [3.05, 3.63) is 23.9 Å². The normalized spacial score (nSPS) is 12.6. The highest BCUT2D eigenvalue weighted by atomic mass is 14.8. The lowest BCUT2D eigenvalue weighted by Crippen LogP contribution is -2.01. The van der Waals surface area contributed by atoms with E-state index < -0.39 is 0 Å². The molecule has 0 saturated heterocycles. The van der Waals surface area contributed by atoms with Crippen molar-refractivity contribution in [2.75, 3.05) is 6.54 Å². The van der Waals surface area contributed by atoms with Gasteiger partial charge in [-0.1, -0.05) is 11.6 Å². The zero-order valence-corrected chi connectivity index (χ0v) is 6.44. The Morgan fingerprint density at radius 1 is 1.56 bits per heavy atom. The van der Waals surface area contributed by atoms with Crippen LogP contribution in [-0.4, -0.2) is 6.54 Å². The average molecular weight is 125 g/mol. The minimum atomic E-state index is 0.994. The van der Waals surface area contributed by atoms with Crippen LogP contribution in [0.4, 0.5) is 0 Å². The van der Waals surface area contributed by atoms with Crippen LogP contribution >= 0.6 is 0 Å². The second kappa shape index (κ2) is 5.42. The van der Waals surface area contributed by atoms with Crippen LogP contribution in [0.3, 0.4) is 0 Å². The van der Waals surface area contributed by atoms with E-state index in [1.807, 2.05) is 13.1 Å². The van der Waals surface area contributed by atoms with E-state index >= 15 is 0 Å². The summed E-state index contributed by atoms with van der Waals surface area (Å²) in [6.07, 6.45) is 6.10. The molecule has 0 radical (unpaired) electrons. The Balaban J connectivity index is 3.45. The summed E-state index contributed by atoms with van der Waals surface area (Å²) in [5, 5.41) is 3.09. The number of allylic oxidation sites excluding steroid dienone is 3. The summed E-state index contributed by atoms with van der Waals surface area (Å²) < 4.78 is 0. The maximum atomic E-state index is 3.09. The van der Waals surface area contributed by atoms with Crippen LogP contribution in [0.15, 0.2) is 23.9 Å². The van der Waals surface area contributed by atoms with E-state index in [4.69, 9.17) is 0 Å². The third kappa shape index (κ3) is 5.15. The molecule has 0 amide bonds. The summed E-state index contributed by atoms with van der Waals surface area (Å²) in [5.74, 6) is 0. The van der Waals surface area contributed by atoms with E-state index in [0.717, 1.165) is 6.54 Å². The Morgan fingerprint density at radius 3 is 2.67 bits per heavy atom. The van der Waals surface area contributed by atoms with Crippen molar-refractivity contribution in [2.45, 2.75) is 20.8 Å². The van der Waals surface area contributed by atoms with Gasteiger partial charge in [0.1, 0.15) is 0 Å². The first-order valence-electron chi connectivity index (χ1n) is 3.34. The second-order valence-electron chi connectivity index (χ2n) is 1.92. The van der Waals surface area contributed by atoms with Crippen molar-refractivity contribution < 1.29 is 0 Å². The van der Waals surface area contributed by atoms with Gasteiger partial charge in [0.15, 0.2) is 0 Å². The van der Waals surface area contributed by atoms with Gasteiger partial charge < -0.3 is 5.32 Å². The number of hydrogen-bond donors (Lipinski definition) is 1. The molecule has 9 heavy (non-hydrogen) atoms. The monoisotopic (exact) mass is 125 g/mol. The molecule has 0 aromatic rings. The Kier molecular flexibility index (Phi) is 4.98. The van der Waals surface area contributed by atoms with E-state index in [-0.39, 0.29) is 0 Å². The maximum absolute atomic E-state index is 3.09. The van der Waals surface area contributed by atoms with E-state index in [1.165, 1.54) is 5.57 Å². The first-order valence-corrected chi connectivity index (χ1v) is 3.34. The van der Waals surface area contributed by atoms with Gasteiger partial charge >= 0.3 is 0 Å². The summed E-state index contributed by atoms with van der Waals surface area (Å²) in [5.41, 5.74) is 1.29. The minimum absolute atomic E-state index is 0.994. The highest BCUT2D eigenvalue weighted by molar-refractivity contribution is 5.13. The summed E-state index contributed by atoms with van der Waals surface area (Å²) in [7, 11) is 0. The van der Waals surface area contributed by atoms with Crippen LogP contribution in [0, 0.1) is 0 Å². The van der Waals surface area contributed by atoms with Gasteiger partial charge in [0.2, 0.25) is 0 Å². The van der Waals surface area contributed by atoms with Gasteiger partial charge in [-0.2, -0.15) is 0 Å². The van der Waals surface area contributed by atoms with E-state index in [1.54, 1.807) is 0 Å². The van der Waals surface area contributed by atoms with Crippen molar-refractivity contribution >= 4 is 0 Å². The molecule has 1 heteroatoms. The van der Waals surface area contributed by atoms with E-state index in [2.05, 4.69) is 31.3 Å². The van der Waals surface area contributed by atoms with Gasteiger partial charge in [-0.3, -0.25) is 0 Å². The molecule has 1 N–H and O–H groups in total. The Hall–Kier alpha value is -0.720. The number of nitrogens with one attached hydrogen (secondary N) is 1. The van der Waals surface area contributed by atoms with Gasteiger partial charge in [0.05, 0.1) is 0 Å². The van der Waals surface area contributed by atoms with E-state index in [9.17, 15) is 0 Å². The molecule has 1 nitrogen and oxygen atoms in total. The molecule has 0 saturated carbocycles. The molecule has 0 spiro atoms. The lowest BCUT2D eigenvalue weighted by molar-refractivity contribution is 0.918. The van der Waals surface area contributed by atoms with Crippen molar-refractivity contribution in [1.82, 2.24) is 5.32 Å². The third-order valence-electron chi connectivity index (χ3n) is 1.12. The smallest absolute Gasteiger partial charge is 0.0113 e. The largest absolute Gasteiger partial charge is 0.391 e. The molecule has 0 aliphatic rings. The Bertz CT molecular complexity index is 112. The fourth-order valence-electron chi connectivity index (χ4n) is 0.404. The summed E-state index contributed by atoms with van der Waals surface area (Å²) >= 11 is 0. The summed E-state index contributed by atoms with van der Waals surface area (Å²) in [6.45, 7) is 7.18. The molecular formula is C8H15N. The van der Waals surface area contributed by atoms with Crippen molar-refractivity contribution in [3.8, 4) is 0 Å². The average Bonchev–Trinajstić information content (AvgIpc) is 1.89. The molecule has 0 atom stereocenters. The zero-order valence-electron chi connectivity index (χ0n) is 6.44. The maximum Gasteiger partial charge on any atom is 0.0113 e. The fraction of sp³-hybridized carbons (Fsp3) is 0.500. The molecular weight excluding hydrogens is 110 g/mol. The predicted molar refractivity (Wildman–Crippen MR) is 42.2 cm³/mol. The van der Waals surface area contributed by atoms with Gasteiger partial charge in [0, 0.05) is 6.54 Å². The molecule has 0 rings (SSSR count). The first kappa shape index (κ1) is 8.28. The molecule has 0 heterocycles. The first-order chi connectivity index (χ1) is 4.31. The SMILES string of the molecule is C/C=C(C)\C=C/NCC. The van der Waals surface area contributed by atoms with Crippen molar-refractivity contribution in [2.24, 2.45) is 0 Å². The molecule has 0 unspecified atom stereocenters. The zero-order chi connectivity index (χ0) is 7.11.